The number of hydrogen-bond donors (Lipinski definition) is 1. The number of aromatic nitrogens is 2. The molecule has 16 heteroatoms. The van der Waals surface area contributed by atoms with Crippen molar-refractivity contribution in [3.63, 3.8) is 0 Å². The largest absolute Gasteiger partial charge is 1.00 e. The summed E-state index contributed by atoms with van der Waals surface area (Å²) in [6.45, 7) is -0.181. The summed E-state index contributed by atoms with van der Waals surface area (Å²) in [6.07, 6.45) is 0. The number of aromatic hydroxyl groups is 1. The van der Waals surface area contributed by atoms with Crippen LogP contribution in [0.5, 0.6) is 11.5 Å². The first-order valence-electron chi connectivity index (χ1n) is 7.58. The normalized spacial score (nSPS) is 8.00. The van der Waals surface area contributed by atoms with Crippen LogP contribution in [0.4, 0.5) is 0 Å². The summed E-state index contributed by atoms with van der Waals surface area (Å²) in [5.74, 6) is -0.966. The third-order valence-corrected chi connectivity index (χ3v) is 3.56. The molecular formula is C17H19Br2IK2N2O9. The Bertz CT molecular complexity index is 859. The van der Waals surface area contributed by atoms with Gasteiger partial charge >= 0.3 is 115 Å². The number of carbonyl (C=O) groups is 3. The molecule has 0 radical (unpaired) electrons. The molecule has 11 nitrogen and oxygen atoms in total. The van der Waals surface area contributed by atoms with Gasteiger partial charge in [-0.05, 0) is 61.1 Å². The Hall–Kier alpha value is 1.23. The van der Waals surface area contributed by atoms with Crippen LogP contribution < -0.4 is 113 Å². The van der Waals surface area contributed by atoms with Crippen LogP contribution in [-0.4, -0.2) is 59.7 Å². The molecule has 0 spiro atoms. The van der Waals surface area contributed by atoms with Crippen molar-refractivity contribution in [2.75, 3.05) is 26.3 Å². The molecule has 33 heavy (non-hydrogen) atoms. The fraction of sp³-hybridized carbons (Fsp3) is 0.235. The van der Waals surface area contributed by atoms with E-state index >= 15 is 0 Å². The van der Waals surface area contributed by atoms with Gasteiger partial charge in [-0.1, -0.05) is 22.6 Å². The molecule has 0 saturated heterocycles. The average Bonchev–Trinajstić information content (AvgIpc) is 2.81. The maximum absolute atomic E-state index is 11.2. The summed E-state index contributed by atoms with van der Waals surface area (Å²) in [6, 6.07) is 6.22. The minimum atomic E-state index is -0.659. The standard InChI is InChI=1S/C8H8BrNO3.C7H6BrNO3.CH3I.CH2O3.2K.H/c1-12-5-3-4-6(9)10-7(5)8(11)13-2;1-12-7(11)6-4(10)2-3-5(8)9-6;1-2;2-1-4-3;;;/h3-4H,1-2H3;2-3,10H,1H3;1H3;1,3H;;;/q;;;;2*+1;-1/p-1. The topological polar surface area (TPSA) is 157 Å². The second kappa shape index (κ2) is 26.3. The molecule has 0 aliphatic rings. The van der Waals surface area contributed by atoms with E-state index in [-0.39, 0.29) is 128 Å². The molecule has 2 aromatic heterocycles. The Balaban J connectivity index is -0.000000125. The Morgan fingerprint density at radius 1 is 0.970 bits per heavy atom. The third-order valence-electron chi connectivity index (χ3n) is 2.68. The molecule has 2 aromatic rings. The molecule has 2 rings (SSSR count). The van der Waals surface area contributed by atoms with E-state index in [1.54, 1.807) is 12.1 Å². The fourth-order valence-corrected chi connectivity index (χ4v) is 2.12. The summed E-state index contributed by atoms with van der Waals surface area (Å²) in [7, 11) is 3.99. The van der Waals surface area contributed by atoms with E-state index in [9.17, 15) is 9.59 Å². The summed E-state index contributed by atoms with van der Waals surface area (Å²) in [5, 5.41) is 17.6. The van der Waals surface area contributed by atoms with E-state index in [2.05, 4.69) is 78.8 Å². The molecule has 174 valence electrons. The maximum atomic E-state index is 11.2. The number of nitrogens with zero attached hydrogens (tertiary/aromatic N) is 2. The van der Waals surface area contributed by atoms with Crippen molar-refractivity contribution in [3.8, 4) is 11.5 Å². The maximum Gasteiger partial charge on any atom is 1.00 e. The van der Waals surface area contributed by atoms with Crippen molar-refractivity contribution < 1.29 is 148 Å². The van der Waals surface area contributed by atoms with Crippen LogP contribution in [0.2, 0.25) is 0 Å². The van der Waals surface area contributed by atoms with Crippen molar-refractivity contribution in [1.82, 2.24) is 9.97 Å². The van der Waals surface area contributed by atoms with Crippen LogP contribution in [0.25, 0.3) is 0 Å². The number of carbonyl (C=O) groups excluding carboxylic acids is 3. The summed E-state index contributed by atoms with van der Waals surface area (Å²) in [5.41, 5.74) is 0.0752. The van der Waals surface area contributed by atoms with Crippen LogP contribution in [0.3, 0.4) is 0 Å². The smallest absolute Gasteiger partial charge is 1.00 e. The van der Waals surface area contributed by atoms with E-state index < -0.39 is 11.9 Å². The summed E-state index contributed by atoms with van der Waals surface area (Å²) in [4.78, 5) is 43.0. The Kier molecular flexibility index (Phi) is 33.0. The second-order valence-electron chi connectivity index (χ2n) is 4.36. The minimum Gasteiger partial charge on any atom is -1.00 e. The van der Waals surface area contributed by atoms with E-state index in [4.69, 9.17) is 19.9 Å². The van der Waals surface area contributed by atoms with Crippen LogP contribution in [-0.2, 0) is 19.2 Å². The van der Waals surface area contributed by atoms with Gasteiger partial charge in [0.05, 0.1) is 21.3 Å². The molecule has 2 heterocycles. The second-order valence-corrected chi connectivity index (χ2v) is 5.99. The number of pyridine rings is 2. The first-order chi connectivity index (χ1) is 14.7. The van der Waals surface area contributed by atoms with Crippen molar-refractivity contribution >= 4 is 72.9 Å². The predicted octanol–water partition coefficient (Wildman–Crippen LogP) is -3.42. The molecule has 0 amide bonds. The van der Waals surface area contributed by atoms with Gasteiger partial charge in [0.15, 0.2) is 17.1 Å². The van der Waals surface area contributed by atoms with Gasteiger partial charge in [0, 0.05) is 0 Å². The SMILES string of the molecule is CI.COC(=O)c1nc(Br)ccc1O.COC(=O)c1nc(Br)ccc1OC.O=CO[O-].[H-].[K+].[K+]. The number of halogens is 3. The van der Waals surface area contributed by atoms with Crippen LogP contribution in [0.15, 0.2) is 33.5 Å². The molecular weight excluding hydrogens is 741 g/mol. The number of hydrogen-bond acceptors (Lipinski definition) is 11. The monoisotopic (exact) mass is 758 g/mol. The van der Waals surface area contributed by atoms with E-state index in [1.807, 2.05) is 4.93 Å². The van der Waals surface area contributed by atoms with Gasteiger partial charge in [0.25, 0.3) is 6.47 Å². The van der Waals surface area contributed by atoms with Gasteiger partial charge < -0.3 is 30.9 Å². The molecule has 0 unspecified atom stereocenters. The van der Waals surface area contributed by atoms with Gasteiger partial charge in [0.2, 0.25) is 0 Å². The zero-order chi connectivity index (χ0) is 24.4. The Morgan fingerprint density at radius 3 is 1.76 bits per heavy atom. The van der Waals surface area contributed by atoms with Crippen LogP contribution in [0.1, 0.15) is 22.4 Å². The molecule has 0 atom stereocenters. The molecule has 0 fully saturated rings. The van der Waals surface area contributed by atoms with Crippen molar-refractivity contribution in [1.29, 1.82) is 0 Å². The molecule has 0 saturated carbocycles. The van der Waals surface area contributed by atoms with E-state index in [0.717, 1.165) is 0 Å². The van der Waals surface area contributed by atoms with Crippen molar-refractivity contribution in [2.24, 2.45) is 0 Å². The van der Waals surface area contributed by atoms with Crippen LogP contribution in [0, 0.1) is 0 Å². The number of alkyl halides is 1. The molecule has 0 aliphatic carbocycles. The van der Waals surface area contributed by atoms with Gasteiger partial charge in [-0.3, -0.25) is 4.79 Å². The average molecular weight is 760 g/mol. The number of ether oxygens (including phenoxy) is 3. The minimum absolute atomic E-state index is 0. The molecule has 0 bridgehead atoms. The number of methoxy groups -OCH3 is 3. The van der Waals surface area contributed by atoms with Gasteiger partial charge in [0.1, 0.15) is 15.0 Å². The van der Waals surface area contributed by atoms with Crippen LogP contribution >= 0.6 is 54.5 Å². The summed E-state index contributed by atoms with van der Waals surface area (Å²) >= 11 is 8.36. The number of esters is 2. The molecule has 0 aromatic carbocycles. The number of rotatable bonds is 4. The Labute approximate surface area is 307 Å². The molecule has 0 aliphatic heterocycles. The van der Waals surface area contributed by atoms with E-state index in [0.29, 0.717) is 15.0 Å². The predicted molar refractivity (Wildman–Crippen MR) is 123 cm³/mol. The van der Waals surface area contributed by atoms with Crippen molar-refractivity contribution in [3.05, 3.63) is 44.9 Å². The zero-order valence-corrected chi connectivity index (χ0v) is 30.2. The first-order valence-corrected chi connectivity index (χ1v) is 11.3. The van der Waals surface area contributed by atoms with Gasteiger partial charge in [-0.2, -0.15) is 0 Å². The Morgan fingerprint density at radius 2 is 1.36 bits per heavy atom. The summed E-state index contributed by atoms with van der Waals surface area (Å²) < 4.78 is 14.9. The fourth-order valence-electron chi connectivity index (χ4n) is 1.51. The first kappa shape index (κ1) is 41.4. The zero-order valence-electron chi connectivity index (χ0n) is 19.6. The molecule has 1 N–H and O–H groups in total. The van der Waals surface area contributed by atoms with E-state index in [1.165, 1.54) is 33.5 Å². The van der Waals surface area contributed by atoms with Gasteiger partial charge in [-0.15, -0.1) is 0 Å². The van der Waals surface area contributed by atoms with Gasteiger partial charge in [-0.25, -0.2) is 19.6 Å². The van der Waals surface area contributed by atoms with Crippen molar-refractivity contribution in [2.45, 2.75) is 0 Å². The quantitative estimate of drug-likeness (QED) is 0.0485. The third kappa shape index (κ3) is 18.2.